The number of aromatic amines is 1. The lowest BCUT2D eigenvalue weighted by Crippen LogP contribution is -2.21. The van der Waals surface area contributed by atoms with Gasteiger partial charge in [-0.15, -0.1) is 16.9 Å². The second kappa shape index (κ2) is 7.74. The molecule has 2 heterocycles. The number of hydrogen-bond donors (Lipinski definition) is 2. The van der Waals surface area contributed by atoms with Gasteiger partial charge >= 0.3 is 0 Å². The fraction of sp³-hybridized carbons (Fsp3) is 0.143. The Kier molecular flexibility index (Phi) is 5.16. The molecule has 0 spiro atoms. The van der Waals surface area contributed by atoms with Crippen molar-refractivity contribution in [3.05, 3.63) is 86.8 Å². The number of allylic oxidation sites excluding steroid dienone is 1. The molecule has 1 aliphatic heterocycles. The highest BCUT2D eigenvalue weighted by molar-refractivity contribution is 9.10. The lowest BCUT2D eigenvalue weighted by atomic mass is 9.84. The molecule has 4 rings (SSSR count). The van der Waals surface area contributed by atoms with Crippen LogP contribution in [-0.2, 0) is 5.75 Å². The third-order valence-electron chi connectivity index (χ3n) is 4.63. The summed E-state index contributed by atoms with van der Waals surface area (Å²) in [6, 6.07) is 18.5. The van der Waals surface area contributed by atoms with Crippen molar-refractivity contribution in [2.24, 2.45) is 5.73 Å². The number of aryl methyl sites for hydroxylation is 1. The van der Waals surface area contributed by atoms with Crippen LogP contribution in [0.3, 0.4) is 0 Å². The summed E-state index contributed by atoms with van der Waals surface area (Å²) in [5, 5.41) is 17.1. The van der Waals surface area contributed by atoms with Crippen LogP contribution >= 0.6 is 27.7 Å². The van der Waals surface area contributed by atoms with E-state index in [1.165, 1.54) is 10.5 Å². The van der Waals surface area contributed by atoms with Crippen LogP contribution in [-0.4, -0.2) is 10.2 Å². The Morgan fingerprint density at radius 2 is 1.93 bits per heavy atom. The summed E-state index contributed by atoms with van der Waals surface area (Å²) in [5.74, 6) is 0.908. The Morgan fingerprint density at radius 3 is 2.61 bits per heavy atom. The summed E-state index contributed by atoms with van der Waals surface area (Å²) in [6.45, 7) is 2.07. The van der Waals surface area contributed by atoms with E-state index in [1.54, 1.807) is 11.8 Å². The standard InChI is InChI=1S/C21H17BrN4OS/c1-12-2-8-15(9-3-12)28-11-17-19-18(13-4-6-14(22)7-5-13)16(10-23)20(24)27-21(19)26-25-17/h2-9,18H,11,24H2,1H3,(H,25,26). The normalized spacial score (nSPS) is 15.7. The first-order valence-electron chi connectivity index (χ1n) is 8.66. The molecule has 7 heteroatoms. The average Bonchev–Trinajstić information content (AvgIpc) is 3.09. The zero-order chi connectivity index (χ0) is 19.7. The second-order valence-electron chi connectivity index (χ2n) is 6.50. The van der Waals surface area contributed by atoms with Gasteiger partial charge in [0.25, 0.3) is 0 Å². The summed E-state index contributed by atoms with van der Waals surface area (Å²) < 4.78 is 6.61. The summed E-state index contributed by atoms with van der Waals surface area (Å²) in [5.41, 5.74) is 10.4. The van der Waals surface area contributed by atoms with Gasteiger partial charge in [-0.3, -0.25) is 5.10 Å². The molecule has 0 radical (unpaired) electrons. The maximum Gasteiger partial charge on any atom is 0.244 e. The van der Waals surface area contributed by atoms with Gasteiger partial charge in [-0.25, -0.2) is 0 Å². The van der Waals surface area contributed by atoms with Crippen molar-refractivity contribution in [1.82, 2.24) is 10.2 Å². The van der Waals surface area contributed by atoms with Crippen LogP contribution in [0.15, 0.2) is 69.4 Å². The van der Waals surface area contributed by atoms with Gasteiger partial charge in [-0.05, 0) is 36.8 Å². The summed E-state index contributed by atoms with van der Waals surface area (Å²) in [4.78, 5) is 1.17. The number of thioether (sulfide) groups is 1. The van der Waals surface area contributed by atoms with Gasteiger partial charge in [0.1, 0.15) is 11.6 Å². The van der Waals surface area contributed by atoms with E-state index in [0.717, 1.165) is 21.3 Å². The van der Waals surface area contributed by atoms with Crippen LogP contribution < -0.4 is 10.5 Å². The predicted octanol–water partition coefficient (Wildman–Crippen LogP) is 4.99. The molecule has 1 aromatic heterocycles. The first-order valence-corrected chi connectivity index (χ1v) is 10.4. The Hall–Kier alpha value is -2.69. The molecule has 0 bridgehead atoms. The highest BCUT2D eigenvalue weighted by atomic mass is 79.9. The fourth-order valence-corrected chi connectivity index (χ4v) is 4.32. The molecular formula is C21H17BrN4OS. The van der Waals surface area contributed by atoms with Crippen LogP contribution in [0.2, 0.25) is 0 Å². The van der Waals surface area contributed by atoms with Crippen LogP contribution in [0.1, 0.15) is 28.3 Å². The molecule has 0 aliphatic carbocycles. The molecule has 5 nitrogen and oxygen atoms in total. The Labute approximate surface area is 175 Å². The zero-order valence-corrected chi connectivity index (χ0v) is 17.5. The Balaban J connectivity index is 1.71. The van der Waals surface area contributed by atoms with E-state index in [9.17, 15) is 5.26 Å². The minimum Gasteiger partial charge on any atom is -0.420 e. The smallest absolute Gasteiger partial charge is 0.244 e. The number of nitrogens with one attached hydrogen (secondary N) is 1. The zero-order valence-electron chi connectivity index (χ0n) is 15.1. The molecule has 140 valence electrons. The van der Waals surface area contributed by atoms with Crippen molar-refractivity contribution in [2.75, 3.05) is 0 Å². The molecule has 3 N–H and O–H groups in total. The number of rotatable bonds is 4. The fourth-order valence-electron chi connectivity index (χ4n) is 3.20. The molecule has 1 unspecified atom stereocenters. The van der Waals surface area contributed by atoms with E-state index >= 15 is 0 Å². The van der Waals surface area contributed by atoms with Crippen LogP contribution in [0, 0.1) is 18.3 Å². The number of ether oxygens (including phenoxy) is 1. The molecule has 0 saturated carbocycles. The predicted molar refractivity (Wildman–Crippen MR) is 113 cm³/mol. The number of benzene rings is 2. The van der Waals surface area contributed by atoms with Crippen LogP contribution in [0.5, 0.6) is 5.88 Å². The van der Waals surface area contributed by atoms with E-state index in [-0.39, 0.29) is 11.8 Å². The second-order valence-corrected chi connectivity index (χ2v) is 8.46. The molecule has 28 heavy (non-hydrogen) atoms. The quantitative estimate of drug-likeness (QED) is 0.544. The van der Waals surface area contributed by atoms with Gasteiger partial charge in [0, 0.05) is 15.1 Å². The number of hydrogen-bond acceptors (Lipinski definition) is 5. The monoisotopic (exact) mass is 452 g/mol. The van der Waals surface area contributed by atoms with Gasteiger partial charge in [-0.1, -0.05) is 45.8 Å². The number of H-pyrrole nitrogens is 1. The number of halogens is 1. The first kappa shape index (κ1) is 18.7. The largest absolute Gasteiger partial charge is 0.420 e. The third kappa shape index (κ3) is 3.53. The van der Waals surface area contributed by atoms with Gasteiger partial charge < -0.3 is 10.5 Å². The van der Waals surface area contributed by atoms with Crippen molar-refractivity contribution in [3.8, 4) is 11.9 Å². The minimum absolute atomic E-state index is 0.104. The molecule has 1 atom stereocenters. The van der Waals surface area contributed by atoms with Crippen molar-refractivity contribution < 1.29 is 4.74 Å². The number of fused-ring (bicyclic) bond motifs is 1. The topological polar surface area (TPSA) is 87.7 Å². The summed E-state index contributed by atoms with van der Waals surface area (Å²) in [7, 11) is 0. The van der Waals surface area contributed by atoms with Crippen molar-refractivity contribution >= 4 is 27.7 Å². The van der Waals surface area contributed by atoms with Crippen LogP contribution in [0.4, 0.5) is 0 Å². The summed E-state index contributed by atoms with van der Waals surface area (Å²) in [6.07, 6.45) is 0. The van der Waals surface area contributed by atoms with E-state index in [0.29, 0.717) is 17.2 Å². The molecule has 2 aromatic carbocycles. The summed E-state index contributed by atoms with van der Waals surface area (Å²) >= 11 is 5.16. The SMILES string of the molecule is Cc1ccc(SCc2[nH]nc3c2C(c2ccc(Br)cc2)C(C#N)=C(N)O3)cc1. The molecule has 0 fully saturated rings. The van der Waals surface area contributed by atoms with Gasteiger partial charge in [0.15, 0.2) is 0 Å². The molecule has 0 amide bonds. The van der Waals surface area contributed by atoms with E-state index in [1.807, 2.05) is 24.3 Å². The first-order chi connectivity index (χ1) is 13.6. The number of nitrogens with zero attached hydrogens (tertiary/aromatic N) is 2. The molecule has 0 saturated heterocycles. The highest BCUT2D eigenvalue weighted by Crippen LogP contribution is 2.44. The van der Waals surface area contributed by atoms with E-state index < -0.39 is 0 Å². The number of nitrogens with two attached hydrogens (primary N) is 1. The maximum absolute atomic E-state index is 9.72. The minimum atomic E-state index is -0.311. The van der Waals surface area contributed by atoms with E-state index in [2.05, 4.69) is 63.4 Å². The maximum atomic E-state index is 9.72. The lowest BCUT2D eigenvalue weighted by molar-refractivity contribution is 0.379. The number of aromatic nitrogens is 2. The molecule has 1 aliphatic rings. The van der Waals surface area contributed by atoms with Gasteiger partial charge in [0.2, 0.25) is 11.8 Å². The lowest BCUT2D eigenvalue weighted by Gasteiger charge is -2.24. The van der Waals surface area contributed by atoms with Crippen molar-refractivity contribution in [3.63, 3.8) is 0 Å². The average molecular weight is 453 g/mol. The van der Waals surface area contributed by atoms with Gasteiger partial charge in [0.05, 0.1) is 17.2 Å². The molecule has 3 aromatic rings. The van der Waals surface area contributed by atoms with Crippen molar-refractivity contribution in [2.45, 2.75) is 23.5 Å². The third-order valence-corrected chi connectivity index (χ3v) is 6.19. The van der Waals surface area contributed by atoms with E-state index in [4.69, 9.17) is 10.5 Å². The van der Waals surface area contributed by atoms with Crippen LogP contribution in [0.25, 0.3) is 0 Å². The Morgan fingerprint density at radius 1 is 1.21 bits per heavy atom. The number of nitriles is 1. The van der Waals surface area contributed by atoms with Gasteiger partial charge in [-0.2, -0.15) is 5.26 Å². The van der Waals surface area contributed by atoms with Crippen molar-refractivity contribution in [1.29, 1.82) is 5.26 Å². The highest BCUT2D eigenvalue weighted by Gasteiger charge is 2.35. The Bertz CT molecular complexity index is 1080. The molecular weight excluding hydrogens is 436 g/mol.